The van der Waals surface area contributed by atoms with Crippen LogP contribution in [-0.4, -0.2) is 30.6 Å². The van der Waals surface area contributed by atoms with Gasteiger partial charge in [0.2, 0.25) is 5.95 Å². The number of aromatic nitrogens is 2. The average Bonchev–Trinajstić information content (AvgIpc) is 2.15. The molecule has 0 aliphatic rings. The summed E-state index contributed by atoms with van der Waals surface area (Å²) in [6.07, 6.45) is 2.84. The average molecular weight is 180 g/mol. The first-order valence-corrected chi connectivity index (χ1v) is 4.48. The van der Waals surface area contributed by atoms with Gasteiger partial charge in [-0.25, -0.2) is 4.98 Å². The third-order valence-corrected chi connectivity index (χ3v) is 1.63. The first-order chi connectivity index (χ1) is 6.24. The van der Waals surface area contributed by atoms with Crippen LogP contribution in [0.3, 0.4) is 0 Å². The SMILES string of the molecule is CCCNc1nccc(N(C)C)n1. The zero-order chi connectivity index (χ0) is 9.68. The van der Waals surface area contributed by atoms with E-state index in [9.17, 15) is 0 Å². The first-order valence-electron chi connectivity index (χ1n) is 4.48. The van der Waals surface area contributed by atoms with Gasteiger partial charge in [-0.15, -0.1) is 0 Å². The maximum atomic E-state index is 4.31. The molecule has 4 heteroatoms. The van der Waals surface area contributed by atoms with Crippen LogP contribution in [0.5, 0.6) is 0 Å². The Kier molecular flexibility index (Phi) is 3.49. The van der Waals surface area contributed by atoms with Crippen molar-refractivity contribution >= 4 is 11.8 Å². The lowest BCUT2D eigenvalue weighted by Crippen LogP contribution is -2.12. The fraction of sp³-hybridized carbons (Fsp3) is 0.556. The second kappa shape index (κ2) is 4.64. The zero-order valence-corrected chi connectivity index (χ0v) is 8.41. The van der Waals surface area contributed by atoms with Gasteiger partial charge >= 0.3 is 0 Å². The summed E-state index contributed by atoms with van der Waals surface area (Å²) in [7, 11) is 3.93. The van der Waals surface area contributed by atoms with Gasteiger partial charge in [0.25, 0.3) is 0 Å². The molecule has 1 aromatic heterocycles. The van der Waals surface area contributed by atoms with E-state index in [2.05, 4.69) is 22.2 Å². The smallest absolute Gasteiger partial charge is 0.224 e. The minimum atomic E-state index is 0.702. The molecule has 0 atom stereocenters. The lowest BCUT2D eigenvalue weighted by atomic mass is 10.5. The van der Waals surface area contributed by atoms with E-state index in [-0.39, 0.29) is 0 Å². The first kappa shape index (κ1) is 9.77. The summed E-state index contributed by atoms with van der Waals surface area (Å²) in [6.45, 7) is 3.03. The summed E-state index contributed by atoms with van der Waals surface area (Å²) in [4.78, 5) is 10.4. The van der Waals surface area contributed by atoms with Crippen LogP contribution in [0.15, 0.2) is 12.3 Å². The van der Waals surface area contributed by atoms with Crippen LogP contribution < -0.4 is 10.2 Å². The van der Waals surface area contributed by atoms with Crippen LogP contribution in [0.1, 0.15) is 13.3 Å². The van der Waals surface area contributed by atoms with Crippen LogP contribution in [0.4, 0.5) is 11.8 Å². The molecule has 0 unspecified atom stereocenters. The highest BCUT2D eigenvalue weighted by molar-refractivity contribution is 5.40. The third-order valence-electron chi connectivity index (χ3n) is 1.63. The molecule has 0 spiro atoms. The molecule has 0 aliphatic heterocycles. The molecule has 1 heterocycles. The molecule has 0 fully saturated rings. The van der Waals surface area contributed by atoms with Gasteiger partial charge in [-0.1, -0.05) is 6.92 Å². The molecule has 0 bridgehead atoms. The molecule has 0 saturated heterocycles. The summed E-state index contributed by atoms with van der Waals surface area (Å²) in [5.41, 5.74) is 0. The molecule has 0 amide bonds. The number of hydrogen-bond acceptors (Lipinski definition) is 4. The fourth-order valence-electron chi connectivity index (χ4n) is 0.920. The summed E-state index contributed by atoms with van der Waals surface area (Å²) < 4.78 is 0. The Balaban J connectivity index is 2.68. The lowest BCUT2D eigenvalue weighted by molar-refractivity contribution is 0.944. The Morgan fingerprint density at radius 3 is 2.85 bits per heavy atom. The standard InChI is InChI=1S/C9H16N4/c1-4-6-10-9-11-7-5-8(12-9)13(2)3/h5,7H,4,6H2,1-3H3,(H,10,11,12). The molecule has 0 aliphatic carbocycles. The Bertz CT molecular complexity index is 260. The molecule has 1 aromatic rings. The molecule has 0 saturated carbocycles. The highest BCUT2D eigenvalue weighted by Crippen LogP contribution is 2.07. The normalized spacial score (nSPS) is 9.77. The van der Waals surface area contributed by atoms with Crippen molar-refractivity contribution in [2.75, 3.05) is 30.9 Å². The summed E-state index contributed by atoms with van der Waals surface area (Å²) >= 11 is 0. The van der Waals surface area contributed by atoms with Gasteiger partial charge in [-0.2, -0.15) is 4.98 Å². The summed E-state index contributed by atoms with van der Waals surface area (Å²) in [6, 6.07) is 1.89. The minimum absolute atomic E-state index is 0.702. The van der Waals surface area contributed by atoms with E-state index in [1.807, 2.05) is 25.1 Å². The summed E-state index contributed by atoms with van der Waals surface area (Å²) in [5.74, 6) is 1.63. The molecule has 13 heavy (non-hydrogen) atoms. The molecular formula is C9H16N4. The van der Waals surface area contributed by atoms with E-state index in [1.54, 1.807) is 6.20 Å². The minimum Gasteiger partial charge on any atom is -0.363 e. The van der Waals surface area contributed by atoms with E-state index >= 15 is 0 Å². The summed E-state index contributed by atoms with van der Waals surface area (Å²) in [5, 5.41) is 3.14. The molecule has 72 valence electrons. The van der Waals surface area contributed by atoms with Crippen LogP contribution in [0.2, 0.25) is 0 Å². The quantitative estimate of drug-likeness (QED) is 0.759. The van der Waals surface area contributed by atoms with Gasteiger partial charge in [0.15, 0.2) is 0 Å². The van der Waals surface area contributed by atoms with Gasteiger partial charge in [0.05, 0.1) is 0 Å². The molecule has 4 nitrogen and oxygen atoms in total. The molecular weight excluding hydrogens is 164 g/mol. The highest BCUT2D eigenvalue weighted by Gasteiger charge is 1.98. The van der Waals surface area contributed by atoms with Gasteiger partial charge in [-0.3, -0.25) is 0 Å². The maximum absolute atomic E-state index is 4.31. The second-order valence-electron chi connectivity index (χ2n) is 3.06. The number of anilines is 2. The van der Waals surface area contributed by atoms with E-state index in [0.717, 1.165) is 18.8 Å². The topological polar surface area (TPSA) is 41.1 Å². The van der Waals surface area contributed by atoms with Crippen LogP contribution in [-0.2, 0) is 0 Å². The van der Waals surface area contributed by atoms with E-state index in [4.69, 9.17) is 0 Å². The monoisotopic (exact) mass is 180 g/mol. The van der Waals surface area contributed by atoms with Crippen molar-refractivity contribution in [3.05, 3.63) is 12.3 Å². The number of nitrogens with zero attached hydrogens (tertiary/aromatic N) is 3. The van der Waals surface area contributed by atoms with Crippen molar-refractivity contribution in [2.45, 2.75) is 13.3 Å². The zero-order valence-electron chi connectivity index (χ0n) is 8.41. The molecule has 1 rings (SSSR count). The van der Waals surface area contributed by atoms with Crippen molar-refractivity contribution in [3.8, 4) is 0 Å². The van der Waals surface area contributed by atoms with E-state index in [1.165, 1.54) is 0 Å². The maximum Gasteiger partial charge on any atom is 0.224 e. The van der Waals surface area contributed by atoms with Gasteiger partial charge < -0.3 is 10.2 Å². The Hall–Kier alpha value is -1.32. The van der Waals surface area contributed by atoms with E-state index < -0.39 is 0 Å². The van der Waals surface area contributed by atoms with Crippen molar-refractivity contribution < 1.29 is 0 Å². The largest absolute Gasteiger partial charge is 0.363 e. The van der Waals surface area contributed by atoms with Crippen molar-refractivity contribution in [1.29, 1.82) is 0 Å². The molecule has 0 aromatic carbocycles. The Labute approximate surface area is 79.0 Å². The molecule has 0 radical (unpaired) electrons. The predicted molar refractivity (Wildman–Crippen MR) is 55.1 cm³/mol. The Morgan fingerprint density at radius 1 is 1.46 bits per heavy atom. The Morgan fingerprint density at radius 2 is 2.23 bits per heavy atom. The third kappa shape index (κ3) is 2.89. The van der Waals surface area contributed by atoms with Crippen LogP contribution >= 0.6 is 0 Å². The number of rotatable bonds is 4. The van der Waals surface area contributed by atoms with Crippen molar-refractivity contribution in [2.24, 2.45) is 0 Å². The lowest BCUT2D eigenvalue weighted by Gasteiger charge is -2.11. The number of hydrogen-bond donors (Lipinski definition) is 1. The van der Waals surface area contributed by atoms with Gasteiger partial charge in [-0.05, 0) is 12.5 Å². The van der Waals surface area contributed by atoms with Crippen LogP contribution in [0, 0.1) is 0 Å². The second-order valence-corrected chi connectivity index (χ2v) is 3.06. The molecule has 1 N–H and O–H groups in total. The van der Waals surface area contributed by atoms with Crippen molar-refractivity contribution in [3.63, 3.8) is 0 Å². The fourth-order valence-corrected chi connectivity index (χ4v) is 0.920. The number of nitrogens with one attached hydrogen (secondary N) is 1. The van der Waals surface area contributed by atoms with Gasteiger partial charge in [0, 0.05) is 26.8 Å². The predicted octanol–water partition coefficient (Wildman–Crippen LogP) is 1.36. The van der Waals surface area contributed by atoms with Crippen LogP contribution in [0.25, 0.3) is 0 Å². The highest BCUT2D eigenvalue weighted by atomic mass is 15.2. The van der Waals surface area contributed by atoms with Crippen molar-refractivity contribution in [1.82, 2.24) is 9.97 Å². The van der Waals surface area contributed by atoms with Gasteiger partial charge in [0.1, 0.15) is 5.82 Å². The van der Waals surface area contributed by atoms with E-state index in [0.29, 0.717) is 5.95 Å².